The Kier molecular flexibility index (Phi) is 7.21. The molecular formula is C25H31NO8S. The molecule has 1 N–H and O–H groups in total. The van der Waals surface area contributed by atoms with Gasteiger partial charge in [0.2, 0.25) is 0 Å². The van der Waals surface area contributed by atoms with Crippen molar-refractivity contribution < 1.29 is 36.7 Å². The van der Waals surface area contributed by atoms with Crippen molar-refractivity contribution in [3.05, 3.63) is 65.7 Å². The highest BCUT2D eigenvalue weighted by molar-refractivity contribution is 7.86. The van der Waals surface area contributed by atoms with Crippen LogP contribution in [0.1, 0.15) is 38.2 Å². The molecule has 0 saturated carbocycles. The first-order valence-corrected chi connectivity index (χ1v) is 12.8. The minimum atomic E-state index is -4.22. The molecule has 2 aromatic carbocycles. The van der Waals surface area contributed by atoms with Gasteiger partial charge >= 0.3 is 6.09 Å². The van der Waals surface area contributed by atoms with Crippen LogP contribution in [0.3, 0.4) is 0 Å². The normalized spacial score (nSPS) is 27.2. The van der Waals surface area contributed by atoms with E-state index in [1.54, 1.807) is 32.9 Å². The van der Waals surface area contributed by atoms with E-state index in [4.69, 9.17) is 18.4 Å². The molecule has 0 radical (unpaired) electrons. The third-order valence-corrected chi connectivity index (χ3v) is 7.18. The topological polar surface area (TPSA) is 112 Å². The lowest BCUT2D eigenvalue weighted by molar-refractivity contribution is -0.282. The number of hydrogen-bond donors (Lipinski definition) is 1. The van der Waals surface area contributed by atoms with Gasteiger partial charge in [-0.25, -0.2) is 4.79 Å². The molecule has 2 heterocycles. The van der Waals surface area contributed by atoms with E-state index in [1.165, 1.54) is 17.0 Å². The highest BCUT2D eigenvalue weighted by Crippen LogP contribution is 2.35. The fourth-order valence-electron chi connectivity index (χ4n) is 4.10. The molecular weight excluding hydrogens is 474 g/mol. The number of aliphatic hydroxyl groups is 1. The van der Waals surface area contributed by atoms with Crippen molar-refractivity contribution in [1.82, 2.24) is 4.90 Å². The van der Waals surface area contributed by atoms with Gasteiger partial charge in [-0.15, -0.1) is 0 Å². The van der Waals surface area contributed by atoms with E-state index in [1.807, 2.05) is 37.3 Å². The number of carbonyl (C=O) groups excluding carboxylic acids is 1. The van der Waals surface area contributed by atoms with E-state index in [9.17, 15) is 18.3 Å². The molecule has 35 heavy (non-hydrogen) atoms. The Morgan fingerprint density at radius 1 is 1.09 bits per heavy atom. The molecule has 4 rings (SSSR count). The Labute approximate surface area is 205 Å². The number of aliphatic hydroxyl groups excluding tert-OH is 1. The van der Waals surface area contributed by atoms with Gasteiger partial charge in [-0.3, -0.25) is 9.08 Å². The van der Waals surface area contributed by atoms with Gasteiger partial charge < -0.3 is 19.3 Å². The summed E-state index contributed by atoms with van der Waals surface area (Å²) in [6.07, 6.45) is -5.04. The number of hydrogen-bond acceptors (Lipinski definition) is 8. The second-order valence-corrected chi connectivity index (χ2v) is 11.3. The van der Waals surface area contributed by atoms with Crippen LogP contribution in [0.4, 0.5) is 4.79 Å². The average Bonchev–Trinajstić information content (AvgIpc) is 2.80. The third kappa shape index (κ3) is 5.84. The van der Waals surface area contributed by atoms with Gasteiger partial charge in [-0.1, -0.05) is 48.0 Å². The molecule has 190 valence electrons. The van der Waals surface area contributed by atoms with Gasteiger partial charge in [-0.2, -0.15) is 8.42 Å². The van der Waals surface area contributed by atoms with Gasteiger partial charge in [0.25, 0.3) is 10.1 Å². The Bertz CT molecular complexity index is 1130. The predicted octanol–water partition coefficient (Wildman–Crippen LogP) is 3.16. The number of aryl methyl sites for hydroxylation is 1. The van der Waals surface area contributed by atoms with Gasteiger partial charge in [0.1, 0.15) is 23.9 Å². The van der Waals surface area contributed by atoms with Crippen LogP contribution in [0.15, 0.2) is 59.5 Å². The lowest BCUT2D eigenvalue weighted by Crippen LogP contribution is -2.67. The van der Waals surface area contributed by atoms with Crippen LogP contribution in [-0.4, -0.2) is 67.6 Å². The number of likely N-dealkylation sites (tertiary alicyclic amines) is 1. The highest BCUT2D eigenvalue weighted by Gasteiger charge is 2.51. The largest absolute Gasteiger partial charge is 0.444 e. The number of amides is 1. The average molecular weight is 506 g/mol. The quantitative estimate of drug-likeness (QED) is 0.631. The predicted molar refractivity (Wildman–Crippen MR) is 126 cm³/mol. The van der Waals surface area contributed by atoms with Crippen molar-refractivity contribution >= 4 is 16.2 Å². The summed E-state index contributed by atoms with van der Waals surface area (Å²) in [5.74, 6) is 0. The van der Waals surface area contributed by atoms with Crippen molar-refractivity contribution in [3.63, 3.8) is 0 Å². The van der Waals surface area contributed by atoms with Crippen molar-refractivity contribution in [2.45, 2.75) is 68.8 Å². The first-order chi connectivity index (χ1) is 16.4. The molecule has 2 saturated heterocycles. The molecule has 5 atom stereocenters. The zero-order chi connectivity index (χ0) is 25.4. The first-order valence-electron chi connectivity index (χ1n) is 11.4. The summed E-state index contributed by atoms with van der Waals surface area (Å²) in [5, 5.41) is 11.2. The smallest absolute Gasteiger partial charge is 0.410 e. The molecule has 10 heteroatoms. The maximum absolute atomic E-state index is 13.1. The van der Waals surface area contributed by atoms with Gasteiger partial charge in [0.05, 0.1) is 24.1 Å². The molecule has 2 aliphatic rings. The number of nitrogens with zero attached hydrogens (tertiary/aromatic N) is 1. The summed E-state index contributed by atoms with van der Waals surface area (Å²) in [4.78, 5) is 14.3. The van der Waals surface area contributed by atoms with Crippen LogP contribution >= 0.6 is 0 Å². The molecule has 0 aliphatic carbocycles. The lowest BCUT2D eigenvalue weighted by Gasteiger charge is -2.49. The third-order valence-electron chi connectivity index (χ3n) is 5.83. The van der Waals surface area contributed by atoms with Crippen LogP contribution in [0.5, 0.6) is 0 Å². The summed E-state index contributed by atoms with van der Waals surface area (Å²) >= 11 is 0. The van der Waals surface area contributed by atoms with Gasteiger partial charge in [-0.05, 0) is 39.8 Å². The van der Waals surface area contributed by atoms with Gasteiger partial charge in [0.15, 0.2) is 6.29 Å². The standard InChI is InChI=1S/C25H31NO8S/c1-16-10-12-18(13-11-16)35(29,30)34-20-14-26(24(28)33-25(2,3)4)19-15-31-23(32-22(19)21(20)27)17-8-6-5-7-9-17/h5-13,19-23,27H,14-15H2,1-4H3/t19-,20+,21+,22+,23-/m0/s1. The second-order valence-electron chi connectivity index (χ2n) is 9.77. The molecule has 1 amide bonds. The van der Waals surface area contributed by atoms with Crippen LogP contribution < -0.4 is 0 Å². The fourth-order valence-corrected chi connectivity index (χ4v) is 5.18. The summed E-state index contributed by atoms with van der Waals surface area (Å²) in [5.41, 5.74) is 0.844. The molecule has 9 nitrogen and oxygen atoms in total. The van der Waals surface area contributed by atoms with E-state index >= 15 is 0 Å². The van der Waals surface area contributed by atoms with Gasteiger partial charge in [0, 0.05) is 5.56 Å². The Morgan fingerprint density at radius 2 is 1.74 bits per heavy atom. The molecule has 2 fully saturated rings. The van der Waals surface area contributed by atoms with Crippen molar-refractivity contribution in [2.24, 2.45) is 0 Å². The number of carbonyl (C=O) groups is 1. The van der Waals surface area contributed by atoms with E-state index < -0.39 is 52.5 Å². The van der Waals surface area contributed by atoms with E-state index in [-0.39, 0.29) is 18.0 Å². The molecule has 0 bridgehead atoms. The Hall–Kier alpha value is -2.50. The SMILES string of the molecule is Cc1ccc(S(=O)(=O)O[C@@H]2CN(C(=O)OC(C)(C)C)[C@H]3CO[C@H](c4ccccc4)O[C@H]3[C@@H]2O)cc1. The zero-order valence-electron chi connectivity index (χ0n) is 20.2. The van der Waals surface area contributed by atoms with E-state index in [2.05, 4.69) is 0 Å². The zero-order valence-corrected chi connectivity index (χ0v) is 21.0. The minimum absolute atomic E-state index is 0.0451. The minimum Gasteiger partial charge on any atom is -0.444 e. The van der Waals surface area contributed by atoms with Crippen molar-refractivity contribution in [3.8, 4) is 0 Å². The van der Waals surface area contributed by atoms with Crippen LogP contribution in [0, 0.1) is 6.92 Å². The maximum Gasteiger partial charge on any atom is 0.410 e. The first kappa shape index (κ1) is 25.6. The van der Waals surface area contributed by atoms with Crippen LogP contribution in [-0.2, 0) is 28.5 Å². The number of piperidine rings is 1. The lowest BCUT2D eigenvalue weighted by atomic mass is 9.93. The molecule has 2 aromatic rings. The Morgan fingerprint density at radius 3 is 2.37 bits per heavy atom. The van der Waals surface area contributed by atoms with E-state index in [0.717, 1.165) is 11.1 Å². The number of fused-ring (bicyclic) bond motifs is 1. The molecule has 0 unspecified atom stereocenters. The monoisotopic (exact) mass is 505 g/mol. The molecule has 0 aromatic heterocycles. The maximum atomic E-state index is 13.1. The summed E-state index contributed by atoms with van der Waals surface area (Å²) < 4.78 is 48.9. The second kappa shape index (κ2) is 9.87. The van der Waals surface area contributed by atoms with Crippen LogP contribution in [0.2, 0.25) is 0 Å². The summed E-state index contributed by atoms with van der Waals surface area (Å²) in [7, 11) is -4.22. The fraction of sp³-hybridized carbons (Fsp3) is 0.480. The van der Waals surface area contributed by atoms with Crippen molar-refractivity contribution in [2.75, 3.05) is 13.2 Å². The number of benzene rings is 2. The van der Waals surface area contributed by atoms with Crippen molar-refractivity contribution in [1.29, 1.82) is 0 Å². The molecule has 2 aliphatic heterocycles. The Balaban J connectivity index is 1.62. The number of rotatable bonds is 4. The van der Waals surface area contributed by atoms with Crippen LogP contribution in [0.25, 0.3) is 0 Å². The highest BCUT2D eigenvalue weighted by atomic mass is 32.2. The summed E-state index contributed by atoms with van der Waals surface area (Å²) in [6.45, 7) is 6.89. The molecule has 0 spiro atoms. The summed E-state index contributed by atoms with van der Waals surface area (Å²) in [6, 6.07) is 14.7. The number of ether oxygens (including phenoxy) is 3. The van der Waals surface area contributed by atoms with E-state index in [0.29, 0.717) is 0 Å².